The number of halogens is 1. The Balaban J connectivity index is 2.61. The van der Waals surface area contributed by atoms with E-state index in [2.05, 4.69) is 39.8 Å². The van der Waals surface area contributed by atoms with Crippen molar-refractivity contribution in [3.63, 3.8) is 0 Å². The Morgan fingerprint density at radius 1 is 1.78 bits per heavy atom. The van der Waals surface area contributed by atoms with Gasteiger partial charge in [-0.25, -0.2) is 0 Å². The molecule has 1 aromatic heterocycles. The first kappa shape index (κ1) is 6.98. The predicted molar refractivity (Wildman–Crippen MR) is 43.0 cm³/mol. The Bertz CT molecular complexity index is 184. The van der Waals surface area contributed by atoms with Crippen molar-refractivity contribution in [1.82, 2.24) is 15.0 Å². The second kappa shape index (κ2) is 3.14. The summed E-state index contributed by atoms with van der Waals surface area (Å²) < 4.78 is 2.81. The van der Waals surface area contributed by atoms with Crippen LogP contribution >= 0.6 is 22.6 Å². The lowest BCUT2D eigenvalue weighted by molar-refractivity contribution is 0.579. The maximum atomic E-state index is 3.86. The van der Waals surface area contributed by atoms with E-state index in [1.165, 1.54) is 0 Å². The quantitative estimate of drug-likeness (QED) is 0.725. The minimum absolute atomic E-state index is 0.959. The van der Waals surface area contributed by atoms with Crippen LogP contribution in [0, 0.1) is 3.70 Å². The lowest BCUT2D eigenvalue weighted by Gasteiger charge is -1.91. The van der Waals surface area contributed by atoms with Crippen LogP contribution in [-0.4, -0.2) is 15.0 Å². The molecule has 0 spiro atoms. The van der Waals surface area contributed by atoms with Gasteiger partial charge in [-0.05, 0) is 29.0 Å². The van der Waals surface area contributed by atoms with Gasteiger partial charge < -0.3 is 0 Å². The molecular weight excluding hydrogens is 229 g/mol. The van der Waals surface area contributed by atoms with Gasteiger partial charge in [0.15, 0.2) is 0 Å². The van der Waals surface area contributed by atoms with E-state index < -0.39 is 0 Å². The molecule has 0 N–H and O–H groups in total. The molecule has 1 aromatic rings. The summed E-state index contributed by atoms with van der Waals surface area (Å²) in [5.41, 5.74) is 0. The molecule has 0 unspecified atom stereocenters. The highest BCUT2D eigenvalue weighted by molar-refractivity contribution is 14.1. The van der Waals surface area contributed by atoms with Gasteiger partial charge in [0.25, 0.3) is 0 Å². The van der Waals surface area contributed by atoms with Crippen LogP contribution in [0.4, 0.5) is 0 Å². The molecule has 0 atom stereocenters. The van der Waals surface area contributed by atoms with Crippen molar-refractivity contribution in [2.45, 2.75) is 19.9 Å². The Morgan fingerprint density at radius 3 is 3.00 bits per heavy atom. The Labute approximate surface area is 67.6 Å². The molecule has 1 heterocycles. The molecule has 0 amide bonds. The summed E-state index contributed by atoms with van der Waals surface area (Å²) in [5, 5.41) is 7.70. The van der Waals surface area contributed by atoms with Gasteiger partial charge in [0.1, 0.15) is 3.70 Å². The molecule has 1 rings (SSSR count). The van der Waals surface area contributed by atoms with Crippen LogP contribution in [0.25, 0.3) is 0 Å². The van der Waals surface area contributed by atoms with E-state index in [1.54, 1.807) is 0 Å². The van der Waals surface area contributed by atoms with Gasteiger partial charge in [-0.15, -0.1) is 5.10 Å². The topological polar surface area (TPSA) is 30.7 Å². The van der Waals surface area contributed by atoms with E-state index in [0.29, 0.717) is 0 Å². The molecule has 0 bridgehead atoms. The molecule has 3 nitrogen and oxygen atoms in total. The van der Waals surface area contributed by atoms with Gasteiger partial charge in [0.05, 0.1) is 6.20 Å². The number of nitrogens with zero attached hydrogens (tertiary/aromatic N) is 3. The minimum atomic E-state index is 0.959. The number of rotatable bonds is 2. The van der Waals surface area contributed by atoms with Crippen molar-refractivity contribution >= 4 is 22.6 Å². The number of hydrogen-bond acceptors (Lipinski definition) is 2. The molecule has 0 aliphatic heterocycles. The third kappa shape index (κ3) is 1.92. The third-order valence-corrected chi connectivity index (χ3v) is 1.46. The van der Waals surface area contributed by atoms with Crippen molar-refractivity contribution in [2.24, 2.45) is 0 Å². The summed E-state index contributed by atoms with van der Waals surface area (Å²) in [6.45, 7) is 3.09. The number of aromatic nitrogens is 3. The highest BCUT2D eigenvalue weighted by atomic mass is 127. The normalized spacial score (nSPS) is 10.0. The summed E-state index contributed by atoms with van der Waals surface area (Å²) in [4.78, 5) is 0. The molecule has 0 fully saturated rings. The molecule has 9 heavy (non-hydrogen) atoms. The first-order chi connectivity index (χ1) is 4.33. The van der Waals surface area contributed by atoms with Crippen molar-refractivity contribution in [2.75, 3.05) is 0 Å². The molecule has 0 aliphatic rings. The van der Waals surface area contributed by atoms with Crippen LogP contribution in [-0.2, 0) is 6.54 Å². The van der Waals surface area contributed by atoms with Crippen molar-refractivity contribution < 1.29 is 0 Å². The zero-order valence-corrected chi connectivity index (χ0v) is 7.37. The minimum Gasteiger partial charge on any atom is -0.251 e. The zero-order valence-electron chi connectivity index (χ0n) is 5.21. The van der Waals surface area contributed by atoms with Gasteiger partial charge in [-0.1, -0.05) is 12.1 Å². The second-order valence-corrected chi connectivity index (χ2v) is 2.91. The summed E-state index contributed by atoms with van der Waals surface area (Å²) in [7, 11) is 0. The van der Waals surface area contributed by atoms with Gasteiger partial charge in [0, 0.05) is 6.54 Å². The SMILES string of the molecule is CCCn1cc(I)nn1. The second-order valence-electron chi connectivity index (χ2n) is 1.80. The largest absolute Gasteiger partial charge is 0.251 e. The average Bonchev–Trinajstić information content (AvgIpc) is 2.17. The van der Waals surface area contributed by atoms with Gasteiger partial charge >= 0.3 is 0 Å². The number of aryl methyl sites for hydroxylation is 1. The molecular formula is C5H8IN3. The molecule has 4 heteroatoms. The fourth-order valence-corrected chi connectivity index (χ4v) is 1.03. The van der Waals surface area contributed by atoms with Crippen molar-refractivity contribution in [1.29, 1.82) is 0 Å². The van der Waals surface area contributed by atoms with Crippen molar-refractivity contribution in [3.05, 3.63) is 9.90 Å². The predicted octanol–water partition coefficient (Wildman–Crippen LogP) is 1.29. The van der Waals surface area contributed by atoms with Crippen molar-refractivity contribution in [3.8, 4) is 0 Å². The molecule has 0 radical (unpaired) electrons. The highest BCUT2D eigenvalue weighted by Crippen LogP contribution is 1.96. The van der Waals surface area contributed by atoms with E-state index in [4.69, 9.17) is 0 Å². The van der Waals surface area contributed by atoms with Crippen LogP contribution in [0.15, 0.2) is 6.20 Å². The lowest BCUT2D eigenvalue weighted by atomic mass is 10.5. The molecule has 0 aromatic carbocycles. The van der Waals surface area contributed by atoms with E-state index in [1.807, 2.05) is 10.9 Å². The third-order valence-electron chi connectivity index (χ3n) is 0.963. The standard InChI is InChI=1S/C5H8IN3/c1-2-3-9-4-5(6)7-8-9/h4H,2-3H2,1H3. The molecule has 0 saturated carbocycles. The van der Waals surface area contributed by atoms with Gasteiger partial charge in [0.2, 0.25) is 0 Å². The van der Waals surface area contributed by atoms with Crippen LogP contribution < -0.4 is 0 Å². The Morgan fingerprint density at radius 2 is 2.56 bits per heavy atom. The van der Waals surface area contributed by atoms with E-state index in [-0.39, 0.29) is 0 Å². The summed E-state index contributed by atoms with van der Waals surface area (Å²) in [6.07, 6.45) is 3.05. The maximum Gasteiger partial charge on any atom is 0.143 e. The number of hydrogen-bond donors (Lipinski definition) is 0. The van der Waals surface area contributed by atoms with E-state index in [9.17, 15) is 0 Å². The van der Waals surface area contributed by atoms with Crippen LogP contribution in [0.3, 0.4) is 0 Å². The summed E-state index contributed by atoms with van der Waals surface area (Å²) in [6, 6.07) is 0. The first-order valence-corrected chi connectivity index (χ1v) is 3.96. The van der Waals surface area contributed by atoms with Crippen LogP contribution in [0.1, 0.15) is 13.3 Å². The first-order valence-electron chi connectivity index (χ1n) is 2.88. The summed E-state index contributed by atoms with van der Waals surface area (Å²) >= 11 is 2.15. The van der Waals surface area contributed by atoms with E-state index in [0.717, 1.165) is 16.7 Å². The maximum absolute atomic E-state index is 3.86. The fraction of sp³-hybridized carbons (Fsp3) is 0.600. The fourth-order valence-electron chi connectivity index (χ4n) is 0.613. The summed E-state index contributed by atoms with van der Waals surface area (Å²) in [5.74, 6) is 0. The monoisotopic (exact) mass is 237 g/mol. The van der Waals surface area contributed by atoms with Gasteiger partial charge in [-0.2, -0.15) is 0 Å². The highest BCUT2D eigenvalue weighted by Gasteiger charge is 1.92. The average molecular weight is 237 g/mol. The Kier molecular flexibility index (Phi) is 2.44. The molecule has 50 valence electrons. The molecule has 0 saturated heterocycles. The van der Waals surface area contributed by atoms with E-state index >= 15 is 0 Å². The van der Waals surface area contributed by atoms with Crippen LogP contribution in [0.5, 0.6) is 0 Å². The lowest BCUT2D eigenvalue weighted by Crippen LogP contribution is -1.96. The zero-order chi connectivity index (χ0) is 6.69. The smallest absolute Gasteiger partial charge is 0.143 e. The van der Waals surface area contributed by atoms with Crippen LogP contribution in [0.2, 0.25) is 0 Å². The Hall–Kier alpha value is -0.130. The molecule has 0 aliphatic carbocycles. The van der Waals surface area contributed by atoms with Gasteiger partial charge in [-0.3, -0.25) is 4.68 Å².